The Morgan fingerprint density at radius 3 is 2.35 bits per heavy atom. The highest BCUT2D eigenvalue weighted by atomic mass is 32.2. The first-order valence-electron chi connectivity index (χ1n) is 11.8. The lowest BCUT2D eigenvalue weighted by atomic mass is 9.65. The molecule has 3 fully saturated rings. The van der Waals surface area contributed by atoms with Gasteiger partial charge in [0.05, 0.1) is 18.1 Å². The summed E-state index contributed by atoms with van der Waals surface area (Å²) in [6.07, 6.45) is 10.7. The first-order chi connectivity index (χ1) is 15.1. The van der Waals surface area contributed by atoms with E-state index in [0.29, 0.717) is 5.92 Å². The molecule has 3 aliphatic carbocycles. The first-order valence-corrected chi connectivity index (χ1v) is 13.0. The van der Waals surface area contributed by atoms with Gasteiger partial charge < -0.3 is 9.30 Å². The predicted octanol–water partition coefficient (Wildman–Crippen LogP) is 5.98. The van der Waals surface area contributed by atoms with Crippen LogP contribution in [0.5, 0.6) is 0 Å². The maximum atomic E-state index is 10.2. The molecular weight excluding hydrogens is 402 g/mol. The lowest BCUT2D eigenvalue weighted by Gasteiger charge is -2.43. The molecule has 1 heterocycles. The fraction of sp³-hybridized carbons (Fsp3) is 0.615. The van der Waals surface area contributed by atoms with Crippen molar-refractivity contribution in [3.05, 3.63) is 47.4 Å². The molecule has 3 aliphatic rings. The second kappa shape index (κ2) is 8.30. The minimum atomic E-state index is -0.418. The van der Waals surface area contributed by atoms with Crippen molar-refractivity contribution in [3.63, 3.8) is 0 Å². The number of thioether (sulfide) groups is 1. The monoisotopic (exact) mass is 435 g/mol. The summed E-state index contributed by atoms with van der Waals surface area (Å²) < 4.78 is 9.28. The highest BCUT2D eigenvalue weighted by Gasteiger charge is 2.49. The lowest BCUT2D eigenvalue weighted by Crippen LogP contribution is -2.43. The van der Waals surface area contributed by atoms with E-state index in [1.54, 1.807) is 11.8 Å². The Bertz CT molecular complexity index is 961. The van der Waals surface area contributed by atoms with Gasteiger partial charge in [-0.2, -0.15) is 5.26 Å². The number of imidazole rings is 1. The second-order valence-electron chi connectivity index (χ2n) is 9.89. The molecular formula is C26H33N3OS. The van der Waals surface area contributed by atoms with Crippen molar-refractivity contribution in [1.82, 2.24) is 9.55 Å². The number of aromatic nitrogens is 2. The molecule has 0 radical (unpaired) electrons. The van der Waals surface area contributed by atoms with Crippen LogP contribution in [0, 0.1) is 30.1 Å². The van der Waals surface area contributed by atoms with Gasteiger partial charge in [-0.25, -0.2) is 4.98 Å². The third kappa shape index (κ3) is 4.05. The van der Waals surface area contributed by atoms with Crippen LogP contribution >= 0.6 is 11.8 Å². The lowest BCUT2D eigenvalue weighted by molar-refractivity contribution is -0.0961. The molecule has 0 bridgehead atoms. The Labute approximate surface area is 190 Å². The van der Waals surface area contributed by atoms with Crippen molar-refractivity contribution in [2.75, 3.05) is 12.9 Å². The van der Waals surface area contributed by atoms with Crippen molar-refractivity contribution < 1.29 is 4.74 Å². The van der Waals surface area contributed by atoms with Gasteiger partial charge in [0.15, 0.2) is 0 Å². The summed E-state index contributed by atoms with van der Waals surface area (Å²) >= 11 is 1.74. The average Bonchev–Trinajstić information content (AvgIpc) is 3.74. The number of hydrogen-bond acceptors (Lipinski definition) is 4. The molecule has 0 atom stereocenters. The molecule has 0 spiro atoms. The van der Waals surface area contributed by atoms with Gasteiger partial charge in [-0.05, 0) is 81.9 Å². The normalized spacial score (nSPS) is 28.4. The Morgan fingerprint density at radius 2 is 1.77 bits per heavy atom. The maximum Gasteiger partial charge on any atom is 0.142 e. The van der Waals surface area contributed by atoms with Crippen molar-refractivity contribution in [1.29, 1.82) is 5.26 Å². The Balaban J connectivity index is 1.49. The van der Waals surface area contributed by atoms with E-state index < -0.39 is 5.41 Å². The summed E-state index contributed by atoms with van der Waals surface area (Å²) in [5.41, 5.74) is 1.64. The third-order valence-corrected chi connectivity index (χ3v) is 8.43. The van der Waals surface area contributed by atoms with Crippen LogP contribution in [0.2, 0.25) is 0 Å². The van der Waals surface area contributed by atoms with Gasteiger partial charge in [-0.3, -0.25) is 0 Å². The van der Waals surface area contributed by atoms with Gasteiger partial charge >= 0.3 is 0 Å². The minimum absolute atomic E-state index is 0.370. The van der Waals surface area contributed by atoms with Crippen molar-refractivity contribution >= 4 is 11.8 Å². The molecule has 0 saturated heterocycles. The van der Waals surface area contributed by atoms with Crippen LogP contribution in [0.1, 0.15) is 68.4 Å². The number of nitriles is 1. The largest absolute Gasteiger partial charge is 0.367 e. The van der Waals surface area contributed by atoms with Crippen molar-refractivity contribution in [3.8, 4) is 6.07 Å². The summed E-state index contributed by atoms with van der Waals surface area (Å²) in [5.74, 6) is 2.62. The van der Waals surface area contributed by atoms with Crippen LogP contribution in [-0.4, -0.2) is 22.4 Å². The molecule has 5 rings (SSSR count). The molecule has 0 unspecified atom stereocenters. The molecule has 0 amide bonds. The highest BCUT2D eigenvalue weighted by molar-refractivity contribution is 7.98. The van der Waals surface area contributed by atoms with Gasteiger partial charge in [-0.15, -0.1) is 11.8 Å². The molecule has 3 saturated carbocycles. The smallest absolute Gasteiger partial charge is 0.142 e. The zero-order valence-corrected chi connectivity index (χ0v) is 19.6. The van der Waals surface area contributed by atoms with E-state index in [1.807, 2.05) is 6.07 Å². The van der Waals surface area contributed by atoms with E-state index in [4.69, 9.17) is 9.72 Å². The summed E-state index contributed by atoms with van der Waals surface area (Å²) in [6.45, 7) is 4.10. The van der Waals surface area contributed by atoms with Gasteiger partial charge in [0, 0.05) is 12.2 Å². The number of rotatable bonds is 8. The van der Waals surface area contributed by atoms with E-state index in [-0.39, 0.29) is 5.60 Å². The van der Waals surface area contributed by atoms with E-state index in [1.165, 1.54) is 31.4 Å². The van der Waals surface area contributed by atoms with Crippen molar-refractivity contribution in [2.24, 2.45) is 11.8 Å². The van der Waals surface area contributed by atoms with Crippen LogP contribution in [0.4, 0.5) is 0 Å². The summed E-state index contributed by atoms with van der Waals surface area (Å²) in [7, 11) is 0. The SMILES string of the molecule is CSc1nc([C@]2(OCC3CC3)CC[C@](C#N)(c3ccccc3)CC2)n(CC2CC2)c1C. The van der Waals surface area contributed by atoms with Gasteiger partial charge in [-0.1, -0.05) is 30.3 Å². The van der Waals surface area contributed by atoms with E-state index in [9.17, 15) is 5.26 Å². The molecule has 4 nitrogen and oxygen atoms in total. The van der Waals surface area contributed by atoms with Gasteiger partial charge in [0.1, 0.15) is 16.5 Å². The maximum absolute atomic E-state index is 10.2. The van der Waals surface area contributed by atoms with E-state index >= 15 is 0 Å². The number of hydrogen-bond donors (Lipinski definition) is 0. The Morgan fingerprint density at radius 1 is 1.10 bits per heavy atom. The fourth-order valence-corrected chi connectivity index (χ4v) is 5.72. The molecule has 31 heavy (non-hydrogen) atoms. The minimum Gasteiger partial charge on any atom is -0.367 e. The average molecular weight is 436 g/mol. The van der Waals surface area contributed by atoms with E-state index in [0.717, 1.165) is 61.2 Å². The van der Waals surface area contributed by atoms with Crippen LogP contribution in [0.3, 0.4) is 0 Å². The van der Waals surface area contributed by atoms with Crippen molar-refractivity contribution in [2.45, 2.75) is 80.9 Å². The molecule has 5 heteroatoms. The number of benzene rings is 1. The Hall–Kier alpha value is -1.77. The van der Waals surface area contributed by atoms with Gasteiger partial charge in [0.25, 0.3) is 0 Å². The van der Waals surface area contributed by atoms with Crippen LogP contribution in [0.15, 0.2) is 35.4 Å². The standard InChI is InChI=1S/C26H33N3OS/c1-19-23(31-2)28-24(29(19)16-20-8-9-20)26(30-17-21-10-11-21)14-12-25(18-27,13-15-26)22-6-4-3-5-7-22/h3-7,20-21H,8-17H2,1-2H3/t25-,26-. The van der Waals surface area contributed by atoms with Gasteiger partial charge in [0.2, 0.25) is 0 Å². The summed E-state index contributed by atoms with van der Waals surface area (Å²) in [5, 5.41) is 11.3. The summed E-state index contributed by atoms with van der Waals surface area (Å²) in [6, 6.07) is 13.1. The zero-order chi connectivity index (χ0) is 21.5. The quantitative estimate of drug-likeness (QED) is 0.479. The summed E-state index contributed by atoms with van der Waals surface area (Å²) in [4.78, 5) is 5.17. The zero-order valence-electron chi connectivity index (χ0n) is 18.8. The number of nitrogens with zero attached hydrogens (tertiary/aromatic N) is 3. The number of ether oxygens (including phenoxy) is 1. The molecule has 2 aromatic rings. The molecule has 1 aromatic carbocycles. The van der Waals surface area contributed by atoms with Crippen LogP contribution < -0.4 is 0 Å². The predicted molar refractivity (Wildman–Crippen MR) is 124 cm³/mol. The topological polar surface area (TPSA) is 50.8 Å². The first kappa shape index (κ1) is 21.1. The van der Waals surface area contributed by atoms with E-state index in [2.05, 4.69) is 48.1 Å². The fourth-order valence-electron chi connectivity index (χ4n) is 5.13. The third-order valence-electron chi connectivity index (χ3n) is 7.66. The van der Waals surface area contributed by atoms with Crippen LogP contribution in [0.25, 0.3) is 0 Å². The van der Waals surface area contributed by atoms with Crippen LogP contribution in [-0.2, 0) is 22.3 Å². The molecule has 0 N–H and O–H groups in total. The molecule has 164 valence electrons. The second-order valence-corrected chi connectivity index (χ2v) is 10.7. The highest BCUT2D eigenvalue weighted by Crippen LogP contribution is 2.50. The molecule has 0 aliphatic heterocycles. The molecule has 1 aromatic heterocycles. The Kier molecular flexibility index (Phi) is 5.65.